The second-order valence-corrected chi connectivity index (χ2v) is 5.95. The monoisotopic (exact) mass is 292 g/mol. The van der Waals surface area contributed by atoms with Crippen molar-refractivity contribution in [1.82, 2.24) is 5.01 Å². The number of hydrogen-bond donors (Lipinski definition) is 0. The number of hydrazone groups is 1. The Balaban J connectivity index is 1.72. The van der Waals surface area contributed by atoms with Gasteiger partial charge < -0.3 is 4.74 Å². The van der Waals surface area contributed by atoms with Crippen molar-refractivity contribution in [3.8, 4) is 0 Å². The molecule has 3 heteroatoms. The molecule has 0 radical (unpaired) electrons. The molecule has 112 valence electrons. The summed E-state index contributed by atoms with van der Waals surface area (Å²) in [7, 11) is 0. The van der Waals surface area contributed by atoms with Gasteiger partial charge in [-0.05, 0) is 37.0 Å². The van der Waals surface area contributed by atoms with E-state index < -0.39 is 0 Å². The lowest BCUT2D eigenvalue weighted by Crippen LogP contribution is -2.45. The molecule has 2 atom stereocenters. The van der Waals surface area contributed by atoms with Gasteiger partial charge in [0.05, 0.1) is 6.04 Å². The van der Waals surface area contributed by atoms with Gasteiger partial charge in [-0.1, -0.05) is 48.5 Å². The van der Waals surface area contributed by atoms with Crippen LogP contribution < -0.4 is 0 Å². The molecule has 0 aliphatic carbocycles. The van der Waals surface area contributed by atoms with Gasteiger partial charge >= 0.3 is 0 Å². The van der Waals surface area contributed by atoms with E-state index >= 15 is 0 Å². The molecule has 22 heavy (non-hydrogen) atoms. The van der Waals surface area contributed by atoms with E-state index in [-0.39, 0.29) is 6.10 Å². The number of nitrogens with zero attached hydrogens (tertiary/aromatic N) is 2. The quantitative estimate of drug-likeness (QED) is 0.836. The zero-order valence-electron chi connectivity index (χ0n) is 12.6. The van der Waals surface area contributed by atoms with E-state index in [1.165, 1.54) is 18.4 Å². The molecule has 2 aliphatic heterocycles. The van der Waals surface area contributed by atoms with Crippen molar-refractivity contribution < 1.29 is 4.74 Å². The third-order valence-corrected chi connectivity index (χ3v) is 4.48. The highest BCUT2D eigenvalue weighted by molar-refractivity contribution is 5.94. The lowest BCUT2D eigenvalue weighted by Gasteiger charge is -2.42. The van der Waals surface area contributed by atoms with Crippen LogP contribution in [0.3, 0.4) is 0 Å². The highest BCUT2D eigenvalue weighted by Crippen LogP contribution is 2.35. The number of piperidine rings is 1. The highest BCUT2D eigenvalue weighted by Gasteiger charge is 2.36. The average molecular weight is 292 g/mol. The molecule has 0 unspecified atom stereocenters. The predicted octanol–water partition coefficient (Wildman–Crippen LogP) is 3.97. The Morgan fingerprint density at radius 3 is 2.41 bits per heavy atom. The Morgan fingerprint density at radius 1 is 0.909 bits per heavy atom. The summed E-state index contributed by atoms with van der Waals surface area (Å²) >= 11 is 0. The molecule has 0 spiro atoms. The van der Waals surface area contributed by atoms with Crippen LogP contribution in [0.4, 0.5) is 0 Å². The summed E-state index contributed by atoms with van der Waals surface area (Å²) in [5.41, 5.74) is 2.29. The molecule has 0 aromatic heterocycles. The largest absolute Gasteiger partial charge is 0.466 e. The van der Waals surface area contributed by atoms with Crippen molar-refractivity contribution in [2.75, 3.05) is 6.54 Å². The molecule has 0 amide bonds. The predicted molar refractivity (Wildman–Crippen MR) is 87.6 cm³/mol. The average Bonchev–Trinajstić information content (AvgIpc) is 2.62. The summed E-state index contributed by atoms with van der Waals surface area (Å²) in [4.78, 5) is 0. The van der Waals surface area contributed by atoms with Gasteiger partial charge in [0.15, 0.2) is 0 Å². The van der Waals surface area contributed by atoms with E-state index in [2.05, 4.69) is 47.5 Å². The van der Waals surface area contributed by atoms with Gasteiger partial charge in [0, 0.05) is 12.1 Å². The van der Waals surface area contributed by atoms with Crippen molar-refractivity contribution >= 4 is 5.90 Å². The lowest BCUT2D eigenvalue weighted by atomic mass is 9.93. The number of benzene rings is 2. The van der Waals surface area contributed by atoms with Crippen molar-refractivity contribution in [2.24, 2.45) is 5.10 Å². The summed E-state index contributed by atoms with van der Waals surface area (Å²) in [5.74, 6) is 0.743. The summed E-state index contributed by atoms with van der Waals surface area (Å²) in [5, 5.41) is 7.02. The van der Waals surface area contributed by atoms with Crippen LogP contribution in [0.1, 0.15) is 36.5 Å². The molecule has 1 fully saturated rings. The Bertz CT molecular complexity index is 654. The SMILES string of the molecule is c1ccc(C2=NN3CCCC[C@@H]3[C@@H](c3ccccc3)O2)cc1. The van der Waals surface area contributed by atoms with Crippen LogP contribution in [-0.2, 0) is 4.74 Å². The van der Waals surface area contributed by atoms with Gasteiger partial charge in [-0.15, -0.1) is 5.10 Å². The van der Waals surface area contributed by atoms with Crippen LogP contribution in [-0.4, -0.2) is 23.5 Å². The standard InChI is InChI=1S/C19H20N2O/c1-3-9-15(10-4-1)18-17-13-7-8-14-21(17)20-19(22-18)16-11-5-2-6-12-16/h1-6,9-12,17-18H,7-8,13-14H2/t17-,18-/m1/s1. The number of ether oxygens (including phenoxy) is 1. The van der Waals surface area contributed by atoms with Gasteiger partial charge in [0.1, 0.15) is 6.10 Å². The van der Waals surface area contributed by atoms with Crippen LogP contribution in [0.15, 0.2) is 65.8 Å². The fourth-order valence-corrected chi connectivity index (χ4v) is 3.35. The molecule has 2 aliphatic rings. The number of fused-ring (bicyclic) bond motifs is 1. The van der Waals surface area contributed by atoms with Crippen molar-refractivity contribution in [2.45, 2.75) is 31.4 Å². The third kappa shape index (κ3) is 2.47. The normalized spacial score (nSPS) is 24.2. The van der Waals surface area contributed by atoms with E-state index in [1.54, 1.807) is 0 Å². The Kier molecular flexibility index (Phi) is 3.55. The van der Waals surface area contributed by atoms with Gasteiger partial charge in [-0.25, -0.2) is 0 Å². The van der Waals surface area contributed by atoms with Crippen LogP contribution in [0.2, 0.25) is 0 Å². The second kappa shape index (κ2) is 5.84. The topological polar surface area (TPSA) is 24.8 Å². The maximum absolute atomic E-state index is 6.34. The first kappa shape index (κ1) is 13.4. The van der Waals surface area contributed by atoms with Crippen LogP contribution in [0.5, 0.6) is 0 Å². The molecule has 3 nitrogen and oxygen atoms in total. The van der Waals surface area contributed by atoms with E-state index in [1.807, 2.05) is 18.2 Å². The van der Waals surface area contributed by atoms with Crippen molar-refractivity contribution in [1.29, 1.82) is 0 Å². The maximum atomic E-state index is 6.34. The van der Waals surface area contributed by atoms with Crippen LogP contribution >= 0.6 is 0 Å². The molecule has 2 heterocycles. The van der Waals surface area contributed by atoms with Gasteiger partial charge in [-0.3, -0.25) is 5.01 Å². The molecule has 1 saturated heterocycles. The molecule has 2 aromatic rings. The zero-order chi connectivity index (χ0) is 14.8. The summed E-state index contributed by atoms with van der Waals surface area (Å²) < 4.78 is 6.34. The molecule has 0 N–H and O–H groups in total. The maximum Gasteiger partial charge on any atom is 0.238 e. The van der Waals surface area contributed by atoms with Gasteiger partial charge in [0.25, 0.3) is 0 Å². The summed E-state index contributed by atoms with van der Waals surface area (Å²) in [6.07, 6.45) is 3.67. The Labute approximate surface area is 131 Å². The van der Waals surface area contributed by atoms with E-state index in [0.29, 0.717) is 6.04 Å². The van der Waals surface area contributed by atoms with Crippen LogP contribution in [0.25, 0.3) is 0 Å². The van der Waals surface area contributed by atoms with E-state index in [4.69, 9.17) is 9.84 Å². The molecule has 4 rings (SSSR count). The fraction of sp³-hybridized carbons (Fsp3) is 0.316. The molecule has 2 aromatic carbocycles. The fourth-order valence-electron chi connectivity index (χ4n) is 3.35. The minimum atomic E-state index is 0.0641. The van der Waals surface area contributed by atoms with Gasteiger partial charge in [-0.2, -0.15) is 0 Å². The first-order chi connectivity index (χ1) is 10.9. The molecule has 0 saturated carbocycles. The highest BCUT2D eigenvalue weighted by atomic mass is 16.5. The Morgan fingerprint density at radius 2 is 1.64 bits per heavy atom. The molecular formula is C19H20N2O. The number of rotatable bonds is 2. The first-order valence-corrected chi connectivity index (χ1v) is 8.04. The van der Waals surface area contributed by atoms with E-state index in [9.17, 15) is 0 Å². The summed E-state index contributed by atoms with van der Waals surface area (Å²) in [6, 6.07) is 21.1. The van der Waals surface area contributed by atoms with Crippen molar-refractivity contribution in [3.05, 3.63) is 71.8 Å². The first-order valence-electron chi connectivity index (χ1n) is 8.04. The van der Waals surface area contributed by atoms with Crippen molar-refractivity contribution in [3.63, 3.8) is 0 Å². The third-order valence-electron chi connectivity index (χ3n) is 4.48. The smallest absolute Gasteiger partial charge is 0.238 e. The number of hydrogen-bond acceptors (Lipinski definition) is 3. The minimum Gasteiger partial charge on any atom is -0.466 e. The zero-order valence-corrected chi connectivity index (χ0v) is 12.6. The Hall–Kier alpha value is -2.29. The molecule has 0 bridgehead atoms. The second-order valence-electron chi connectivity index (χ2n) is 5.95. The van der Waals surface area contributed by atoms with E-state index in [0.717, 1.165) is 24.4 Å². The summed E-state index contributed by atoms with van der Waals surface area (Å²) in [6.45, 7) is 1.02. The lowest BCUT2D eigenvalue weighted by molar-refractivity contribution is 0.00624. The molecular weight excluding hydrogens is 272 g/mol. The minimum absolute atomic E-state index is 0.0641. The van der Waals surface area contributed by atoms with Crippen LogP contribution in [0, 0.1) is 0 Å². The van der Waals surface area contributed by atoms with Gasteiger partial charge in [0.2, 0.25) is 5.90 Å².